The molecule has 3 aliphatic rings. The number of benzene rings is 1. The van der Waals surface area contributed by atoms with Crippen molar-refractivity contribution in [3.05, 3.63) is 52.5 Å². The fourth-order valence-electron chi connectivity index (χ4n) is 5.46. The molecule has 5 rings (SSSR count). The van der Waals surface area contributed by atoms with Crippen LogP contribution in [0.5, 0.6) is 0 Å². The molecule has 0 amide bonds. The van der Waals surface area contributed by atoms with Gasteiger partial charge in [0.05, 0.1) is 16.9 Å². The lowest BCUT2D eigenvalue weighted by Crippen LogP contribution is -2.44. The molecule has 0 spiro atoms. The summed E-state index contributed by atoms with van der Waals surface area (Å²) in [7, 11) is 0. The van der Waals surface area contributed by atoms with Crippen LogP contribution in [0.4, 0.5) is 0 Å². The van der Waals surface area contributed by atoms with Crippen LogP contribution in [0.1, 0.15) is 53.0 Å². The van der Waals surface area contributed by atoms with E-state index in [9.17, 15) is 0 Å². The number of pyridine rings is 1. The molecule has 1 aliphatic carbocycles. The summed E-state index contributed by atoms with van der Waals surface area (Å²) in [6.45, 7) is 11.4. The largest absolute Gasteiger partial charge is 0.368 e. The van der Waals surface area contributed by atoms with Crippen LogP contribution < -0.4 is 10.4 Å². The van der Waals surface area contributed by atoms with Gasteiger partial charge >= 0.3 is 0 Å². The highest BCUT2D eigenvalue weighted by molar-refractivity contribution is 5.65. The van der Waals surface area contributed by atoms with E-state index in [0.29, 0.717) is 11.8 Å². The summed E-state index contributed by atoms with van der Waals surface area (Å²) in [6.07, 6.45) is 9.19. The number of hydrogen-bond donors (Lipinski definition) is 0. The normalized spacial score (nSPS) is 33.8. The monoisotopic (exact) mass is 359 g/mol. The molecule has 140 valence electrons. The van der Waals surface area contributed by atoms with Crippen LogP contribution >= 0.6 is 0 Å². The average Bonchev–Trinajstić information content (AvgIpc) is 3.06. The van der Waals surface area contributed by atoms with E-state index >= 15 is 0 Å². The number of rotatable bonds is 1. The average molecular weight is 360 g/mol. The second-order valence-electron chi connectivity index (χ2n) is 10.1. The molecule has 2 heteroatoms. The number of aromatic nitrogens is 1. The predicted molar refractivity (Wildman–Crippen MR) is 111 cm³/mol. The quantitative estimate of drug-likeness (QED) is 0.761. The van der Waals surface area contributed by atoms with Crippen molar-refractivity contribution >= 4 is 12.2 Å². The van der Waals surface area contributed by atoms with E-state index in [1.54, 1.807) is 0 Å². The van der Waals surface area contributed by atoms with Gasteiger partial charge < -0.3 is 4.74 Å². The molecular weight excluding hydrogens is 330 g/mol. The first-order chi connectivity index (χ1) is 12.7. The lowest BCUT2D eigenvalue weighted by atomic mass is 9.66. The van der Waals surface area contributed by atoms with Gasteiger partial charge in [-0.2, -0.15) is 0 Å². The maximum absolute atomic E-state index is 6.54. The van der Waals surface area contributed by atoms with Gasteiger partial charge in [-0.1, -0.05) is 57.2 Å². The minimum absolute atomic E-state index is 0.00853. The van der Waals surface area contributed by atoms with Crippen molar-refractivity contribution in [3.8, 4) is 11.3 Å². The molecule has 2 aliphatic heterocycles. The lowest BCUT2D eigenvalue weighted by molar-refractivity contribution is -0.0357. The number of nitrogens with zero attached hydrogens (tertiary/aromatic N) is 1. The molecule has 0 radical (unpaired) electrons. The molecule has 2 nitrogen and oxygen atoms in total. The van der Waals surface area contributed by atoms with Gasteiger partial charge in [0.25, 0.3) is 0 Å². The van der Waals surface area contributed by atoms with Gasteiger partial charge in [-0.3, -0.25) is 4.98 Å². The van der Waals surface area contributed by atoms with Crippen LogP contribution in [0.25, 0.3) is 23.4 Å². The zero-order chi connectivity index (χ0) is 19.0. The number of hydrogen-bond acceptors (Lipinski definition) is 2. The maximum Gasteiger partial charge on any atom is 0.0777 e. The van der Waals surface area contributed by atoms with Gasteiger partial charge in [0.2, 0.25) is 0 Å². The van der Waals surface area contributed by atoms with Crippen molar-refractivity contribution in [2.75, 3.05) is 0 Å². The van der Waals surface area contributed by atoms with Crippen LogP contribution in [-0.2, 0) is 10.2 Å². The van der Waals surface area contributed by atoms with Crippen LogP contribution in [0.15, 0.2) is 36.5 Å². The smallest absolute Gasteiger partial charge is 0.0777 e. The van der Waals surface area contributed by atoms with Crippen molar-refractivity contribution in [2.24, 2.45) is 11.8 Å². The third kappa shape index (κ3) is 2.46. The first-order valence-electron chi connectivity index (χ1n) is 10.2. The standard InChI is InChI=1S/C25H29NO/c1-23(2,3)18-8-6-16(7-9-18)22-19-15-21-20(14-17(19)10-13-26-22)24(4)11-12-25(21,5)27-24/h6-10,13-15,20-21H,11-12H2,1-5H3. The minimum atomic E-state index is -0.0309. The lowest BCUT2D eigenvalue weighted by Gasteiger charge is -2.34. The highest BCUT2D eigenvalue weighted by Gasteiger charge is 2.61. The summed E-state index contributed by atoms with van der Waals surface area (Å²) < 4.78 is 6.54. The van der Waals surface area contributed by atoms with Gasteiger partial charge in [0.15, 0.2) is 0 Å². The number of ether oxygens (including phenoxy) is 1. The highest BCUT2D eigenvalue weighted by Crippen LogP contribution is 2.58. The Morgan fingerprint density at radius 3 is 2.19 bits per heavy atom. The van der Waals surface area contributed by atoms with Crippen molar-refractivity contribution in [1.82, 2.24) is 4.98 Å². The molecule has 2 fully saturated rings. The second-order valence-corrected chi connectivity index (χ2v) is 10.1. The number of fused-ring (bicyclic) bond motifs is 6. The van der Waals surface area contributed by atoms with E-state index in [-0.39, 0.29) is 16.6 Å². The van der Waals surface area contributed by atoms with Gasteiger partial charge in [-0.25, -0.2) is 0 Å². The molecule has 2 saturated heterocycles. The van der Waals surface area contributed by atoms with E-state index < -0.39 is 0 Å². The molecule has 1 aromatic heterocycles. The molecule has 1 aromatic carbocycles. The Hall–Kier alpha value is -1.93. The molecule has 2 aromatic rings. The van der Waals surface area contributed by atoms with E-state index in [4.69, 9.17) is 9.72 Å². The zero-order valence-electron chi connectivity index (χ0n) is 17.0. The van der Waals surface area contributed by atoms with Crippen LogP contribution in [0.2, 0.25) is 0 Å². The summed E-state index contributed by atoms with van der Waals surface area (Å²) in [4.78, 5) is 4.78. The molecule has 3 heterocycles. The molecule has 27 heavy (non-hydrogen) atoms. The maximum atomic E-state index is 6.54. The highest BCUT2D eigenvalue weighted by atomic mass is 16.5. The van der Waals surface area contributed by atoms with Crippen LogP contribution in [-0.4, -0.2) is 16.2 Å². The van der Waals surface area contributed by atoms with E-state index in [0.717, 1.165) is 18.5 Å². The summed E-state index contributed by atoms with van der Waals surface area (Å²) in [5, 5.41) is 2.59. The van der Waals surface area contributed by atoms with E-state index in [1.165, 1.54) is 21.6 Å². The van der Waals surface area contributed by atoms with Gasteiger partial charge in [-0.05, 0) is 49.0 Å². The van der Waals surface area contributed by atoms with E-state index in [1.807, 2.05) is 6.20 Å². The second kappa shape index (κ2) is 5.32. The molecule has 2 bridgehead atoms. The Kier molecular flexibility index (Phi) is 3.39. The Balaban J connectivity index is 1.65. The summed E-state index contributed by atoms with van der Waals surface area (Å²) in [5.74, 6) is 0.919. The van der Waals surface area contributed by atoms with Crippen LogP contribution in [0, 0.1) is 11.8 Å². The van der Waals surface area contributed by atoms with Crippen molar-refractivity contribution in [3.63, 3.8) is 0 Å². The molecule has 4 atom stereocenters. The van der Waals surface area contributed by atoms with Crippen molar-refractivity contribution in [1.29, 1.82) is 0 Å². The third-order valence-corrected chi connectivity index (χ3v) is 7.13. The Bertz CT molecular complexity index is 1030. The fraction of sp³-hybridized carbons (Fsp3) is 0.480. The van der Waals surface area contributed by atoms with E-state index in [2.05, 4.69) is 77.1 Å². The molecule has 0 N–H and O–H groups in total. The van der Waals surface area contributed by atoms with Crippen molar-refractivity contribution in [2.45, 2.75) is 64.1 Å². The minimum Gasteiger partial charge on any atom is -0.368 e. The van der Waals surface area contributed by atoms with Gasteiger partial charge in [0, 0.05) is 28.8 Å². The SMILES string of the molecule is CC(C)(C)c1ccc(-c2nccc3c2=CC2C(C=3)C3(C)CCC2(C)O3)cc1. The zero-order valence-corrected chi connectivity index (χ0v) is 17.0. The van der Waals surface area contributed by atoms with Gasteiger partial charge in [-0.15, -0.1) is 0 Å². The molecular formula is C25H29NO. The summed E-state index contributed by atoms with van der Waals surface area (Å²) in [6, 6.07) is 11.1. The van der Waals surface area contributed by atoms with Crippen LogP contribution in [0.3, 0.4) is 0 Å². The fourth-order valence-corrected chi connectivity index (χ4v) is 5.46. The Morgan fingerprint density at radius 2 is 1.56 bits per heavy atom. The topological polar surface area (TPSA) is 22.1 Å². The molecule has 0 saturated carbocycles. The van der Waals surface area contributed by atoms with Gasteiger partial charge in [0.1, 0.15) is 0 Å². The first-order valence-corrected chi connectivity index (χ1v) is 10.2. The first kappa shape index (κ1) is 17.2. The Morgan fingerprint density at radius 1 is 0.926 bits per heavy atom. The predicted octanol–water partition coefficient (Wildman–Crippen LogP) is 4.19. The third-order valence-electron chi connectivity index (χ3n) is 7.13. The summed E-state index contributed by atoms with van der Waals surface area (Å²) >= 11 is 0. The van der Waals surface area contributed by atoms with Crippen molar-refractivity contribution < 1.29 is 4.74 Å². The summed E-state index contributed by atoms with van der Waals surface area (Å²) in [5.41, 5.74) is 3.78. The Labute approximate surface area is 162 Å². The molecule has 4 unspecified atom stereocenters.